The van der Waals surface area contributed by atoms with Gasteiger partial charge in [-0.1, -0.05) is 0 Å². The van der Waals surface area contributed by atoms with Gasteiger partial charge in [0, 0.05) is 10.7 Å². The lowest BCUT2D eigenvalue weighted by atomic mass is 10.1. The van der Waals surface area contributed by atoms with E-state index >= 15 is 0 Å². The Morgan fingerprint density at radius 1 is 1.53 bits per heavy atom. The van der Waals surface area contributed by atoms with Crippen LogP contribution in [0.4, 0.5) is 0 Å². The summed E-state index contributed by atoms with van der Waals surface area (Å²) >= 11 is 3.42. The monoisotopic (exact) mass is 264 g/mol. The number of nitrogens with zero attached hydrogens (tertiary/aromatic N) is 4. The molecule has 0 aromatic carbocycles. The van der Waals surface area contributed by atoms with Gasteiger partial charge in [-0.05, 0) is 35.8 Å². The number of halogens is 1. The highest BCUT2D eigenvalue weighted by Crippen LogP contribution is 2.25. The molecule has 2 rings (SSSR count). The van der Waals surface area contributed by atoms with Gasteiger partial charge in [0.2, 0.25) is 0 Å². The molecule has 0 fully saturated rings. The van der Waals surface area contributed by atoms with E-state index in [-0.39, 0.29) is 0 Å². The Balaban J connectivity index is 2.76. The zero-order valence-corrected chi connectivity index (χ0v) is 9.98. The van der Waals surface area contributed by atoms with Crippen molar-refractivity contribution < 1.29 is 0 Å². The third kappa shape index (κ3) is 1.51. The fourth-order valence-corrected chi connectivity index (χ4v) is 1.75. The highest BCUT2D eigenvalue weighted by Gasteiger charge is 2.23. The second-order valence-corrected chi connectivity index (χ2v) is 4.61. The minimum Gasteiger partial charge on any atom is -0.237 e. The molecular weight excluding hydrogens is 256 g/mol. The number of hydrogen-bond acceptors (Lipinski definition) is 3. The second-order valence-electron chi connectivity index (χ2n) is 3.76. The summed E-state index contributed by atoms with van der Waals surface area (Å²) in [6.45, 7) is 3.62. The van der Waals surface area contributed by atoms with Crippen LogP contribution in [0, 0.1) is 11.3 Å². The average molecular weight is 265 g/mol. The molecule has 0 bridgehead atoms. The molecule has 2 aromatic rings. The van der Waals surface area contributed by atoms with E-state index in [1.54, 1.807) is 17.1 Å². The average Bonchev–Trinajstić information content (AvgIpc) is 2.63. The third-order valence-electron chi connectivity index (χ3n) is 2.22. The quantitative estimate of drug-likeness (QED) is 0.795. The van der Waals surface area contributed by atoms with Crippen molar-refractivity contribution in [2.45, 2.75) is 19.4 Å². The summed E-state index contributed by atoms with van der Waals surface area (Å²) in [4.78, 5) is 4.24. The van der Waals surface area contributed by atoms with Crippen molar-refractivity contribution in [2.24, 2.45) is 0 Å². The molecule has 0 amide bonds. The van der Waals surface area contributed by atoms with Crippen LogP contribution in [0.25, 0.3) is 11.0 Å². The van der Waals surface area contributed by atoms with E-state index in [1.807, 2.05) is 19.9 Å². The molecule has 0 unspecified atom stereocenters. The van der Waals surface area contributed by atoms with Gasteiger partial charge < -0.3 is 0 Å². The largest absolute Gasteiger partial charge is 0.237 e. The van der Waals surface area contributed by atoms with Gasteiger partial charge in [-0.25, -0.2) is 9.67 Å². The number of rotatable bonds is 1. The van der Waals surface area contributed by atoms with Crippen LogP contribution >= 0.6 is 15.9 Å². The zero-order chi connectivity index (χ0) is 11.1. The standard InChI is InChI=1S/C10H9BrN4/c1-10(2,6-12)15-9-7(5-14-15)8(11)3-4-13-9/h3-5H,1-2H3. The normalized spacial score (nSPS) is 11.6. The van der Waals surface area contributed by atoms with Gasteiger partial charge >= 0.3 is 0 Å². The number of nitriles is 1. The molecule has 15 heavy (non-hydrogen) atoms. The predicted octanol–water partition coefficient (Wildman–Crippen LogP) is 2.45. The van der Waals surface area contributed by atoms with Crippen molar-refractivity contribution in [3.63, 3.8) is 0 Å². The first-order valence-electron chi connectivity index (χ1n) is 4.46. The molecule has 0 aliphatic heterocycles. The highest BCUT2D eigenvalue weighted by molar-refractivity contribution is 9.10. The SMILES string of the molecule is CC(C)(C#N)n1ncc2c(Br)ccnc21. The van der Waals surface area contributed by atoms with Gasteiger partial charge in [-0.3, -0.25) is 0 Å². The minimum absolute atomic E-state index is 0.685. The van der Waals surface area contributed by atoms with Crippen molar-refractivity contribution in [1.29, 1.82) is 5.26 Å². The van der Waals surface area contributed by atoms with Gasteiger partial charge in [0.15, 0.2) is 5.65 Å². The molecule has 0 aliphatic rings. The second kappa shape index (κ2) is 3.31. The maximum Gasteiger partial charge on any atom is 0.160 e. The van der Waals surface area contributed by atoms with Gasteiger partial charge in [0.25, 0.3) is 0 Å². The smallest absolute Gasteiger partial charge is 0.160 e. The van der Waals surface area contributed by atoms with Crippen LogP contribution in [0.1, 0.15) is 13.8 Å². The molecule has 76 valence electrons. The molecule has 2 aromatic heterocycles. The molecule has 0 radical (unpaired) electrons. The predicted molar refractivity (Wildman–Crippen MR) is 60.2 cm³/mol. The third-order valence-corrected chi connectivity index (χ3v) is 2.91. The van der Waals surface area contributed by atoms with E-state index in [9.17, 15) is 0 Å². The summed E-state index contributed by atoms with van der Waals surface area (Å²) in [6.07, 6.45) is 3.41. The van der Waals surface area contributed by atoms with Crippen LogP contribution in [0.2, 0.25) is 0 Å². The summed E-state index contributed by atoms with van der Waals surface area (Å²) in [6, 6.07) is 4.06. The summed E-state index contributed by atoms with van der Waals surface area (Å²) in [5, 5.41) is 14.2. The van der Waals surface area contributed by atoms with E-state index in [4.69, 9.17) is 5.26 Å². The van der Waals surface area contributed by atoms with Crippen LogP contribution in [0.3, 0.4) is 0 Å². The Morgan fingerprint density at radius 3 is 2.93 bits per heavy atom. The lowest BCUT2D eigenvalue weighted by Crippen LogP contribution is -2.25. The molecule has 0 aliphatic carbocycles. The molecule has 4 nitrogen and oxygen atoms in total. The molecule has 2 heterocycles. The van der Waals surface area contributed by atoms with Gasteiger partial charge in [-0.2, -0.15) is 10.4 Å². The first kappa shape index (κ1) is 10.1. The lowest BCUT2D eigenvalue weighted by Gasteiger charge is -2.16. The summed E-state index contributed by atoms with van der Waals surface area (Å²) in [7, 11) is 0. The van der Waals surface area contributed by atoms with E-state index < -0.39 is 5.54 Å². The summed E-state index contributed by atoms with van der Waals surface area (Å²) in [5.74, 6) is 0. The van der Waals surface area contributed by atoms with Crippen LogP contribution < -0.4 is 0 Å². The zero-order valence-electron chi connectivity index (χ0n) is 8.40. The van der Waals surface area contributed by atoms with Crippen molar-refractivity contribution in [3.8, 4) is 6.07 Å². The molecule has 0 saturated carbocycles. The Kier molecular flexibility index (Phi) is 2.24. The van der Waals surface area contributed by atoms with Crippen molar-refractivity contribution in [2.75, 3.05) is 0 Å². The van der Waals surface area contributed by atoms with E-state index in [0.29, 0.717) is 0 Å². The van der Waals surface area contributed by atoms with Crippen LogP contribution in [-0.4, -0.2) is 14.8 Å². The minimum atomic E-state index is -0.685. The fraction of sp³-hybridized carbons (Fsp3) is 0.300. The summed E-state index contributed by atoms with van der Waals surface area (Å²) in [5.41, 5.74) is 0.0335. The van der Waals surface area contributed by atoms with Gasteiger partial charge in [0.05, 0.1) is 17.7 Å². The number of aromatic nitrogens is 3. The van der Waals surface area contributed by atoms with Crippen LogP contribution in [0.15, 0.2) is 22.9 Å². The Morgan fingerprint density at radius 2 is 2.27 bits per heavy atom. The lowest BCUT2D eigenvalue weighted by molar-refractivity contribution is 0.430. The fourth-order valence-electron chi connectivity index (χ4n) is 1.35. The molecule has 0 atom stereocenters. The summed E-state index contributed by atoms with van der Waals surface area (Å²) < 4.78 is 2.57. The topological polar surface area (TPSA) is 54.5 Å². The Labute approximate surface area is 95.7 Å². The first-order chi connectivity index (χ1) is 7.06. The Bertz CT molecular complexity index is 550. The van der Waals surface area contributed by atoms with Crippen LogP contribution in [0.5, 0.6) is 0 Å². The van der Waals surface area contributed by atoms with Gasteiger partial charge in [-0.15, -0.1) is 0 Å². The molecule has 0 spiro atoms. The van der Waals surface area contributed by atoms with Crippen LogP contribution in [-0.2, 0) is 5.54 Å². The number of pyridine rings is 1. The Hall–Kier alpha value is -1.41. The van der Waals surface area contributed by atoms with E-state index in [2.05, 4.69) is 32.1 Å². The molecule has 0 saturated heterocycles. The van der Waals surface area contributed by atoms with E-state index in [1.165, 1.54) is 0 Å². The number of fused-ring (bicyclic) bond motifs is 1. The van der Waals surface area contributed by atoms with Crippen molar-refractivity contribution >= 4 is 27.0 Å². The highest BCUT2D eigenvalue weighted by atomic mass is 79.9. The van der Waals surface area contributed by atoms with E-state index in [0.717, 1.165) is 15.5 Å². The van der Waals surface area contributed by atoms with Crippen molar-refractivity contribution in [1.82, 2.24) is 14.8 Å². The van der Waals surface area contributed by atoms with Gasteiger partial charge in [0.1, 0.15) is 5.54 Å². The molecule has 5 heteroatoms. The molecular formula is C10H9BrN4. The maximum absolute atomic E-state index is 9.04. The maximum atomic E-state index is 9.04. The first-order valence-corrected chi connectivity index (χ1v) is 5.25. The number of hydrogen-bond donors (Lipinski definition) is 0. The van der Waals surface area contributed by atoms with Crippen molar-refractivity contribution in [3.05, 3.63) is 22.9 Å². The molecule has 0 N–H and O–H groups in total.